The number of carbonyl (C=O) groups is 1. The fourth-order valence-electron chi connectivity index (χ4n) is 1.82. The average molecular weight is 282 g/mol. The number of halogens is 2. The van der Waals surface area contributed by atoms with Crippen LogP contribution in [-0.2, 0) is 4.79 Å². The molecule has 3 N–H and O–H groups in total. The van der Waals surface area contributed by atoms with Crippen molar-refractivity contribution < 1.29 is 14.3 Å². The topological polar surface area (TPSA) is 63.3 Å². The van der Waals surface area contributed by atoms with Crippen molar-refractivity contribution >= 4 is 18.4 Å². The second-order valence-electron chi connectivity index (χ2n) is 3.91. The second-order valence-corrected chi connectivity index (χ2v) is 3.91. The van der Waals surface area contributed by atoms with E-state index in [-0.39, 0.29) is 18.2 Å². The fourth-order valence-corrected chi connectivity index (χ4v) is 1.82. The van der Waals surface area contributed by atoms with Gasteiger partial charge in [0.2, 0.25) is 0 Å². The molecular formula is C14H13ClFNO2. The van der Waals surface area contributed by atoms with E-state index in [0.717, 1.165) is 0 Å². The van der Waals surface area contributed by atoms with Crippen LogP contribution < -0.4 is 5.73 Å². The summed E-state index contributed by atoms with van der Waals surface area (Å²) in [4.78, 5) is 11.0. The number of hydrogen-bond donors (Lipinski definition) is 2. The van der Waals surface area contributed by atoms with Gasteiger partial charge in [-0.1, -0.05) is 36.4 Å². The molecule has 1 atom stereocenters. The van der Waals surface area contributed by atoms with Crippen LogP contribution in [0.1, 0.15) is 11.6 Å². The van der Waals surface area contributed by atoms with E-state index in [4.69, 9.17) is 10.8 Å². The number of hydrogen-bond acceptors (Lipinski definition) is 2. The summed E-state index contributed by atoms with van der Waals surface area (Å²) < 4.78 is 13.2. The summed E-state index contributed by atoms with van der Waals surface area (Å²) in [5.74, 6) is -1.48. The van der Waals surface area contributed by atoms with Gasteiger partial charge < -0.3 is 10.8 Å². The van der Waals surface area contributed by atoms with Crippen LogP contribution in [0.15, 0.2) is 48.5 Å². The van der Waals surface area contributed by atoms with E-state index in [2.05, 4.69) is 0 Å². The molecule has 3 nitrogen and oxygen atoms in total. The Morgan fingerprint density at radius 2 is 1.84 bits per heavy atom. The molecule has 0 aromatic heterocycles. The van der Waals surface area contributed by atoms with Gasteiger partial charge in [-0.25, -0.2) is 4.39 Å². The zero-order valence-electron chi connectivity index (χ0n) is 9.92. The summed E-state index contributed by atoms with van der Waals surface area (Å²) in [6.45, 7) is 0. The van der Waals surface area contributed by atoms with Crippen molar-refractivity contribution in [1.29, 1.82) is 0 Å². The van der Waals surface area contributed by atoms with Crippen LogP contribution in [0.2, 0.25) is 0 Å². The molecule has 2 rings (SSSR count). The monoisotopic (exact) mass is 281 g/mol. The lowest BCUT2D eigenvalue weighted by Crippen LogP contribution is -2.21. The Balaban J connectivity index is 0.00000180. The highest BCUT2D eigenvalue weighted by molar-refractivity contribution is 5.85. The van der Waals surface area contributed by atoms with E-state index in [1.165, 1.54) is 12.1 Å². The minimum atomic E-state index is -1.12. The predicted molar refractivity (Wildman–Crippen MR) is 73.6 cm³/mol. The minimum absolute atomic E-state index is 0. The number of aliphatic carboxylic acids is 1. The summed E-state index contributed by atoms with van der Waals surface area (Å²) >= 11 is 0. The molecule has 2 aromatic carbocycles. The molecule has 100 valence electrons. The molecule has 0 saturated heterocycles. The number of nitrogens with two attached hydrogens (primary N) is 1. The average Bonchev–Trinajstić information content (AvgIpc) is 2.38. The van der Waals surface area contributed by atoms with Crippen LogP contribution in [0.4, 0.5) is 4.39 Å². The summed E-state index contributed by atoms with van der Waals surface area (Å²) in [6.07, 6.45) is 0. The van der Waals surface area contributed by atoms with Crippen molar-refractivity contribution in [3.63, 3.8) is 0 Å². The van der Waals surface area contributed by atoms with Gasteiger partial charge in [0.15, 0.2) is 0 Å². The highest BCUT2D eigenvalue weighted by Gasteiger charge is 2.18. The Labute approximate surface area is 116 Å². The van der Waals surface area contributed by atoms with E-state index in [1.807, 2.05) is 0 Å². The summed E-state index contributed by atoms with van der Waals surface area (Å²) in [5.41, 5.74) is 7.33. The summed E-state index contributed by atoms with van der Waals surface area (Å²) in [7, 11) is 0. The normalized spacial score (nSPS) is 11.5. The van der Waals surface area contributed by atoms with Gasteiger partial charge in [-0.15, -0.1) is 12.4 Å². The molecule has 0 aliphatic carbocycles. The molecule has 2 aromatic rings. The van der Waals surface area contributed by atoms with Crippen molar-refractivity contribution in [3.8, 4) is 11.1 Å². The van der Waals surface area contributed by atoms with Crippen molar-refractivity contribution in [2.24, 2.45) is 5.73 Å². The Kier molecular flexibility index (Phi) is 5.03. The van der Waals surface area contributed by atoms with E-state index in [0.29, 0.717) is 16.7 Å². The molecule has 0 amide bonds. The quantitative estimate of drug-likeness (QED) is 0.909. The maximum absolute atomic E-state index is 13.2. The van der Waals surface area contributed by atoms with Gasteiger partial charge >= 0.3 is 5.97 Å². The third kappa shape index (κ3) is 3.30. The lowest BCUT2D eigenvalue weighted by Gasteiger charge is -2.13. The van der Waals surface area contributed by atoms with Crippen LogP contribution in [-0.4, -0.2) is 11.1 Å². The van der Waals surface area contributed by atoms with E-state index in [1.54, 1.807) is 36.4 Å². The van der Waals surface area contributed by atoms with Crippen LogP contribution in [0.3, 0.4) is 0 Å². The van der Waals surface area contributed by atoms with Gasteiger partial charge in [0.05, 0.1) is 0 Å². The zero-order chi connectivity index (χ0) is 13.1. The largest absolute Gasteiger partial charge is 0.480 e. The third-order valence-corrected chi connectivity index (χ3v) is 2.70. The molecule has 5 heteroatoms. The molecule has 0 aliphatic rings. The Hall–Kier alpha value is -1.91. The maximum atomic E-state index is 13.2. The number of carboxylic acids is 1. The molecular weight excluding hydrogens is 269 g/mol. The van der Waals surface area contributed by atoms with Gasteiger partial charge in [-0.2, -0.15) is 0 Å². The molecule has 19 heavy (non-hydrogen) atoms. The van der Waals surface area contributed by atoms with E-state index >= 15 is 0 Å². The first-order chi connectivity index (χ1) is 8.59. The lowest BCUT2D eigenvalue weighted by atomic mass is 9.95. The third-order valence-electron chi connectivity index (χ3n) is 2.70. The molecule has 0 bridgehead atoms. The van der Waals surface area contributed by atoms with Crippen molar-refractivity contribution in [1.82, 2.24) is 0 Å². The molecule has 0 fully saturated rings. The van der Waals surface area contributed by atoms with E-state index < -0.39 is 12.0 Å². The predicted octanol–water partition coefficient (Wildman–Crippen LogP) is 3.00. The minimum Gasteiger partial charge on any atom is -0.480 e. The highest BCUT2D eigenvalue weighted by Crippen LogP contribution is 2.27. The van der Waals surface area contributed by atoms with Gasteiger partial charge in [0.25, 0.3) is 0 Å². The Bertz CT molecular complexity index is 589. The molecule has 0 heterocycles. The molecule has 0 radical (unpaired) electrons. The lowest BCUT2D eigenvalue weighted by molar-refractivity contribution is -0.138. The molecule has 1 unspecified atom stereocenters. The molecule has 0 spiro atoms. The first-order valence-corrected chi connectivity index (χ1v) is 5.43. The van der Waals surface area contributed by atoms with Crippen LogP contribution in [0.25, 0.3) is 11.1 Å². The SMILES string of the molecule is Cl.NC(C(=O)O)c1ccccc1-c1cccc(F)c1. The first-order valence-electron chi connectivity index (χ1n) is 5.43. The van der Waals surface area contributed by atoms with Gasteiger partial charge in [-0.3, -0.25) is 4.79 Å². The first kappa shape index (κ1) is 15.1. The van der Waals surface area contributed by atoms with Crippen LogP contribution >= 0.6 is 12.4 Å². The van der Waals surface area contributed by atoms with Crippen molar-refractivity contribution in [3.05, 3.63) is 59.9 Å². The zero-order valence-corrected chi connectivity index (χ0v) is 10.7. The smallest absolute Gasteiger partial charge is 0.325 e. The van der Waals surface area contributed by atoms with Crippen LogP contribution in [0, 0.1) is 5.82 Å². The Morgan fingerprint density at radius 3 is 2.47 bits per heavy atom. The van der Waals surface area contributed by atoms with Gasteiger partial charge in [0, 0.05) is 0 Å². The molecule has 0 saturated carbocycles. The summed E-state index contributed by atoms with van der Waals surface area (Å²) in [5, 5.41) is 8.96. The standard InChI is InChI=1S/C14H12FNO2.ClH/c15-10-5-3-4-9(8-10)11-6-1-2-7-12(11)13(16)14(17)18;/h1-8,13H,16H2,(H,17,18);1H. The molecule has 0 aliphatic heterocycles. The maximum Gasteiger partial charge on any atom is 0.325 e. The van der Waals surface area contributed by atoms with Crippen molar-refractivity contribution in [2.45, 2.75) is 6.04 Å². The van der Waals surface area contributed by atoms with Gasteiger partial charge in [-0.05, 0) is 28.8 Å². The number of benzene rings is 2. The summed E-state index contributed by atoms with van der Waals surface area (Å²) in [6, 6.07) is 11.7. The number of rotatable bonds is 3. The Morgan fingerprint density at radius 1 is 1.16 bits per heavy atom. The second kappa shape index (κ2) is 6.31. The van der Waals surface area contributed by atoms with Crippen molar-refractivity contribution in [2.75, 3.05) is 0 Å². The van der Waals surface area contributed by atoms with Crippen LogP contribution in [0.5, 0.6) is 0 Å². The number of carboxylic acid groups (broad SMARTS) is 1. The fraction of sp³-hybridized carbons (Fsp3) is 0.0714. The highest BCUT2D eigenvalue weighted by atomic mass is 35.5. The van der Waals surface area contributed by atoms with E-state index in [9.17, 15) is 9.18 Å². The van der Waals surface area contributed by atoms with Gasteiger partial charge in [0.1, 0.15) is 11.9 Å².